The third-order valence-corrected chi connectivity index (χ3v) is 4.84. The number of hydrogen-bond acceptors (Lipinski definition) is 3. The van der Waals surface area contributed by atoms with E-state index in [4.69, 9.17) is 10.5 Å². The maximum atomic E-state index is 11.8. The Morgan fingerprint density at radius 2 is 1.65 bits per heavy atom. The van der Waals surface area contributed by atoms with Crippen LogP contribution in [0.25, 0.3) is 0 Å². The highest BCUT2D eigenvalue weighted by Crippen LogP contribution is 2.24. The summed E-state index contributed by atoms with van der Waals surface area (Å²) in [5.74, 6) is 0.446. The first-order chi connectivity index (χ1) is 17.4. The Kier molecular flexibility index (Phi) is 34.2. The van der Waals surface area contributed by atoms with Crippen molar-refractivity contribution in [3.8, 4) is 0 Å². The van der Waals surface area contributed by atoms with Crippen LogP contribution in [0.5, 0.6) is 0 Å². The van der Waals surface area contributed by atoms with Crippen LogP contribution in [0.15, 0.2) is 36.0 Å². The maximum Gasteiger partial charge on any atom is 0.412 e. The number of hydrogen-bond donors (Lipinski definition) is 2. The van der Waals surface area contributed by atoms with Crippen molar-refractivity contribution in [1.82, 2.24) is 5.32 Å². The molecule has 5 nitrogen and oxygen atoms in total. The molecular weight excluding hydrogens is 481 g/mol. The molecule has 0 radical (unpaired) electrons. The van der Waals surface area contributed by atoms with Crippen LogP contribution >= 0.6 is 0 Å². The number of carbonyl (C=O) groups excluding carboxylic acids is 2. The lowest BCUT2D eigenvalue weighted by atomic mass is 10.1. The molecule has 0 bridgehead atoms. The van der Waals surface area contributed by atoms with Gasteiger partial charge in [-0.3, -0.25) is 9.59 Å². The Balaban J connectivity index is -0.000000220. The Morgan fingerprint density at radius 1 is 1.05 bits per heavy atom. The minimum atomic E-state index is -4.18. The SMILES string of the molecule is CC.CC/C=C\C=C(/C)C(F)(F)F.CCC(C)/C=C/CCCC(OC)C(N)=O.CCCCC(=O)NCC. The number of amides is 2. The van der Waals surface area contributed by atoms with Gasteiger partial charge in [-0.15, -0.1) is 0 Å². The summed E-state index contributed by atoms with van der Waals surface area (Å²) < 4.78 is 40.3. The molecule has 2 atom stereocenters. The van der Waals surface area contributed by atoms with Crippen molar-refractivity contribution < 1.29 is 27.5 Å². The molecule has 0 rings (SSSR count). The third-order valence-electron chi connectivity index (χ3n) is 4.84. The van der Waals surface area contributed by atoms with Gasteiger partial charge in [-0.25, -0.2) is 0 Å². The van der Waals surface area contributed by atoms with E-state index in [2.05, 4.69) is 38.2 Å². The molecular formula is C29H55F3N2O3. The summed E-state index contributed by atoms with van der Waals surface area (Å²) in [6.45, 7) is 16.1. The Bertz CT molecular complexity index is 616. The molecule has 0 aliphatic heterocycles. The lowest BCUT2D eigenvalue weighted by Crippen LogP contribution is -2.29. The summed E-state index contributed by atoms with van der Waals surface area (Å²) in [4.78, 5) is 21.5. The van der Waals surface area contributed by atoms with Crippen LogP contribution in [-0.2, 0) is 14.3 Å². The van der Waals surface area contributed by atoms with Crippen molar-refractivity contribution in [3.05, 3.63) is 36.0 Å². The minimum Gasteiger partial charge on any atom is -0.372 e. The molecule has 2 amide bonds. The Morgan fingerprint density at radius 3 is 2.05 bits per heavy atom. The van der Waals surface area contributed by atoms with Gasteiger partial charge in [0.25, 0.3) is 0 Å². The molecule has 0 aromatic carbocycles. The van der Waals surface area contributed by atoms with Gasteiger partial charge in [0.05, 0.1) is 0 Å². The zero-order valence-corrected chi connectivity index (χ0v) is 24.8. The van der Waals surface area contributed by atoms with Gasteiger partial charge >= 0.3 is 6.18 Å². The standard InChI is InChI=1S/C12H23NO2.C8H11F3.C7H15NO.C2H6/c1-4-10(2)8-6-5-7-9-11(15-3)12(13)14;1-3-4-5-6-7(2)8(9,10)11;1-3-5-6-7(9)8-4-2;1-2/h6,8,10-11H,4-5,7,9H2,1-3H3,(H2,13,14);4-6H,3H2,1-2H3;3-6H2,1-2H3,(H,8,9);1-2H3/b8-6+;5-4-,7-6+;;. The Hall–Kier alpha value is -2.09. The predicted molar refractivity (Wildman–Crippen MR) is 151 cm³/mol. The zero-order chi connectivity index (χ0) is 29.7. The van der Waals surface area contributed by atoms with Gasteiger partial charge in [0, 0.05) is 25.6 Å². The molecule has 0 aromatic rings. The monoisotopic (exact) mass is 536 g/mol. The van der Waals surface area contributed by atoms with Gasteiger partial charge in [0.15, 0.2) is 0 Å². The summed E-state index contributed by atoms with van der Waals surface area (Å²) in [7, 11) is 1.52. The van der Waals surface area contributed by atoms with Crippen molar-refractivity contribution in [2.75, 3.05) is 13.7 Å². The molecule has 0 heterocycles. The van der Waals surface area contributed by atoms with E-state index in [9.17, 15) is 22.8 Å². The number of alkyl halides is 3. The van der Waals surface area contributed by atoms with E-state index in [1.807, 2.05) is 27.7 Å². The summed E-state index contributed by atoms with van der Waals surface area (Å²) in [5, 5.41) is 2.74. The molecule has 8 heteroatoms. The lowest BCUT2D eigenvalue weighted by molar-refractivity contribution is -0.128. The van der Waals surface area contributed by atoms with Crippen LogP contribution in [0.4, 0.5) is 13.2 Å². The maximum absolute atomic E-state index is 11.8. The van der Waals surface area contributed by atoms with Crippen molar-refractivity contribution in [2.45, 2.75) is 119 Å². The van der Waals surface area contributed by atoms with Crippen molar-refractivity contribution in [1.29, 1.82) is 0 Å². The van der Waals surface area contributed by atoms with Gasteiger partial charge in [-0.05, 0) is 51.9 Å². The number of nitrogens with one attached hydrogen (secondary N) is 1. The molecule has 2 unspecified atom stereocenters. The number of unbranched alkanes of at least 4 members (excludes halogenated alkanes) is 2. The number of halogens is 3. The van der Waals surface area contributed by atoms with Crippen molar-refractivity contribution in [3.63, 3.8) is 0 Å². The van der Waals surface area contributed by atoms with Crippen LogP contribution in [0.1, 0.15) is 107 Å². The quantitative estimate of drug-likeness (QED) is 0.134. The van der Waals surface area contributed by atoms with E-state index in [-0.39, 0.29) is 11.8 Å². The van der Waals surface area contributed by atoms with Crippen LogP contribution in [0, 0.1) is 5.92 Å². The van der Waals surface area contributed by atoms with Crippen molar-refractivity contribution in [2.24, 2.45) is 11.7 Å². The number of methoxy groups -OCH3 is 1. The van der Waals surface area contributed by atoms with Gasteiger partial charge < -0.3 is 15.8 Å². The first-order valence-corrected chi connectivity index (χ1v) is 13.6. The molecule has 3 N–H and O–H groups in total. The van der Waals surface area contributed by atoms with Crippen molar-refractivity contribution >= 4 is 11.8 Å². The number of ether oxygens (including phenoxy) is 1. The number of primary amides is 1. The largest absolute Gasteiger partial charge is 0.412 e. The summed E-state index contributed by atoms with van der Waals surface area (Å²) in [6, 6.07) is 0. The molecule has 0 saturated heterocycles. The lowest BCUT2D eigenvalue weighted by Gasteiger charge is -2.09. The van der Waals surface area contributed by atoms with Crippen LogP contribution in [0.2, 0.25) is 0 Å². The highest BCUT2D eigenvalue weighted by molar-refractivity contribution is 5.78. The number of allylic oxidation sites excluding steroid dienone is 6. The molecule has 37 heavy (non-hydrogen) atoms. The molecule has 0 fully saturated rings. The highest BCUT2D eigenvalue weighted by atomic mass is 19.4. The number of carbonyl (C=O) groups is 2. The smallest absolute Gasteiger partial charge is 0.372 e. The molecule has 0 saturated carbocycles. The fraction of sp³-hybridized carbons (Fsp3) is 0.724. The van der Waals surface area contributed by atoms with Gasteiger partial charge in [0.1, 0.15) is 6.10 Å². The number of rotatable bonds is 14. The summed E-state index contributed by atoms with van der Waals surface area (Å²) in [5.41, 5.74) is 4.58. The number of nitrogens with two attached hydrogens (primary N) is 1. The molecule has 0 aliphatic carbocycles. The first-order valence-electron chi connectivity index (χ1n) is 13.6. The third kappa shape index (κ3) is 33.9. The summed E-state index contributed by atoms with van der Waals surface area (Å²) >= 11 is 0. The molecule has 0 aromatic heterocycles. The molecule has 0 aliphatic rings. The highest BCUT2D eigenvalue weighted by Gasteiger charge is 2.29. The second-order valence-corrected chi connectivity index (χ2v) is 8.11. The van der Waals surface area contributed by atoms with Gasteiger partial charge in [0.2, 0.25) is 11.8 Å². The Labute approximate surface area is 225 Å². The molecule has 0 spiro atoms. The fourth-order valence-electron chi connectivity index (χ4n) is 2.33. The average molecular weight is 537 g/mol. The zero-order valence-electron chi connectivity index (χ0n) is 24.8. The second kappa shape index (κ2) is 30.1. The van der Waals surface area contributed by atoms with Crippen LogP contribution < -0.4 is 11.1 Å². The van der Waals surface area contributed by atoms with Crippen LogP contribution in [0.3, 0.4) is 0 Å². The van der Waals surface area contributed by atoms with E-state index in [1.165, 1.54) is 19.6 Å². The minimum absolute atomic E-state index is 0.180. The van der Waals surface area contributed by atoms with E-state index >= 15 is 0 Å². The summed E-state index contributed by atoms with van der Waals surface area (Å²) in [6.07, 6.45) is 11.3. The van der Waals surface area contributed by atoms with E-state index in [0.717, 1.165) is 51.6 Å². The predicted octanol–water partition coefficient (Wildman–Crippen LogP) is 8.06. The fourth-order valence-corrected chi connectivity index (χ4v) is 2.33. The average Bonchev–Trinajstić information content (AvgIpc) is 2.86. The normalized spacial score (nSPS) is 12.9. The molecule has 220 valence electrons. The van der Waals surface area contributed by atoms with E-state index < -0.39 is 17.9 Å². The van der Waals surface area contributed by atoms with Crippen LogP contribution in [-0.4, -0.2) is 37.7 Å². The van der Waals surface area contributed by atoms with Gasteiger partial charge in [-0.2, -0.15) is 13.2 Å². The van der Waals surface area contributed by atoms with Gasteiger partial charge in [-0.1, -0.05) is 84.8 Å². The topological polar surface area (TPSA) is 81.4 Å². The second-order valence-electron chi connectivity index (χ2n) is 8.11. The van der Waals surface area contributed by atoms with E-state index in [1.54, 1.807) is 6.08 Å². The first kappa shape index (κ1) is 42.0. The van der Waals surface area contributed by atoms with E-state index in [0.29, 0.717) is 18.8 Å².